The summed E-state index contributed by atoms with van der Waals surface area (Å²) in [7, 11) is 0. The summed E-state index contributed by atoms with van der Waals surface area (Å²) in [5.41, 5.74) is 0.586. The minimum Gasteiger partial charge on any atom is -0.492 e. The number of benzene rings is 1. The summed E-state index contributed by atoms with van der Waals surface area (Å²) in [6.45, 7) is 2.40. The molecule has 4 rings (SSSR count). The Balaban J connectivity index is 1.75. The van der Waals surface area contributed by atoms with Crippen molar-refractivity contribution < 1.29 is 14.3 Å². The van der Waals surface area contributed by atoms with Crippen LogP contribution >= 0.6 is 0 Å². The average molecular weight is 283 g/mol. The van der Waals surface area contributed by atoms with Gasteiger partial charge < -0.3 is 4.74 Å². The van der Waals surface area contributed by atoms with E-state index in [2.05, 4.69) is 12.2 Å². The second kappa shape index (κ2) is 4.45. The van der Waals surface area contributed by atoms with Gasteiger partial charge in [-0.15, -0.1) is 0 Å². The van der Waals surface area contributed by atoms with E-state index in [1.807, 2.05) is 19.1 Å². The molecule has 4 atom stereocenters. The van der Waals surface area contributed by atoms with Crippen molar-refractivity contribution in [2.75, 3.05) is 11.5 Å². The molecule has 2 amide bonds. The summed E-state index contributed by atoms with van der Waals surface area (Å²) in [5.74, 6) is 0.621. The number of para-hydroxylation sites is 2. The molecule has 2 bridgehead atoms. The molecule has 1 aliphatic heterocycles. The van der Waals surface area contributed by atoms with Gasteiger partial charge in [-0.3, -0.25) is 9.59 Å². The number of imide groups is 1. The minimum absolute atomic E-state index is 0.0611. The largest absolute Gasteiger partial charge is 0.492 e. The first-order valence-corrected chi connectivity index (χ1v) is 7.50. The summed E-state index contributed by atoms with van der Waals surface area (Å²) in [6.07, 6.45) is 5.16. The van der Waals surface area contributed by atoms with E-state index in [0.29, 0.717) is 18.0 Å². The third kappa shape index (κ3) is 1.62. The Labute approximate surface area is 123 Å². The smallest absolute Gasteiger partial charge is 0.238 e. The molecule has 0 N–H and O–H groups in total. The summed E-state index contributed by atoms with van der Waals surface area (Å²) in [4.78, 5) is 26.9. The molecule has 1 saturated carbocycles. The van der Waals surface area contributed by atoms with Gasteiger partial charge in [0.05, 0.1) is 24.1 Å². The van der Waals surface area contributed by atoms with Crippen molar-refractivity contribution in [1.29, 1.82) is 0 Å². The minimum atomic E-state index is -0.165. The Morgan fingerprint density at radius 1 is 1.10 bits per heavy atom. The number of amides is 2. The van der Waals surface area contributed by atoms with Crippen LogP contribution in [0.3, 0.4) is 0 Å². The molecule has 2 aliphatic carbocycles. The maximum absolute atomic E-state index is 12.8. The van der Waals surface area contributed by atoms with Crippen LogP contribution in [0.4, 0.5) is 5.69 Å². The van der Waals surface area contributed by atoms with E-state index >= 15 is 0 Å². The third-order valence-corrected chi connectivity index (χ3v) is 4.88. The van der Waals surface area contributed by atoms with Gasteiger partial charge in [0.25, 0.3) is 0 Å². The first kappa shape index (κ1) is 12.6. The first-order valence-electron chi connectivity index (χ1n) is 7.50. The Morgan fingerprint density at radius 2 is 1.71 bits per heavy atom. The van der Waals surface area contributed by atoms with Gasteiger partial charge in [-0.25, -0.2) is 4.90 Å². The van der Waals surface area contributed by atoms with Gasteiger partial charge in [-0.05, 0) is 37.3 Å². The molecule has 108 valence electrons. The van der Waals surface area contributed by atoms with Gasteiger partial charge in [0.2, 0.25) is 11.8 Å². The summed E-state index contributed by atoms with van der Waals surface area (Å²) in [6, 6.07) is 7.28. The number of hydrogen-bond donors (Lipinski definition) is 0. The fraction of sp³-hybridized carbons (Fsp3) is 0.412. The molecule has 0 spiro atoms. The van der Waals surface area contributed by atoms with Gasteiger partial charge in [0.1, 0.15) is 5.75 Å². The van der Waals surface area contributed by atoms with E-state index in [9.17, 15) is 9.59 Å². The highest BCUT2D eigenvalue weighted by atomic mass is 16.5. The molecule has 1 aromatic carbocycles. The van der Waals surface area contributed by atoms with Crippen LogP contribution in [0.2, 0.25) is 0 Å². The van der Waals surface area contributed by atoms with Gasteiger partial charge in [0.15, 0.2) is 0 Å². The molecule has 3 aliphatic rings. The van der Waals surface area contributed by atoms with E-state index in [1.165, 1.54) is 4.90 Å². The molecule has 1 saturated heterocycles. The number of allylic oxidation sites excluding steroid dienone is 2. The number of carbonyl (C=O) groups excluding carboxylic acids is 2. The van der Waals surface area contributed by atoms with Crippen molar-refractivity contribution in [3.05, 3.63) is 36.4 Å². The second-order valence-corrected chi connectivity index (χ2v) is 5.91. The van der Waals surface area contributed by atoms with E-state index in [0.717, 1.165) is 6.42 Å². The van der Waals surface area contributed by atoms with Crippen molar-refractivity contribution in [3.63, 3.8) is 0 Å². The Morgan fingerprint density at radius 3 is 2.33 bits per heavy atom. The van der Waals surface area contributed by atoms with Crippen molar-refractivity contribution in [3.8, 4) is 5.75 Å². The van der Waals surface area contributed by atoms with Crippen LogP contribution in [-0.2, 0) is 9.59 Å². The number of rotatable bonds is 3. The van der Waals surface area contributed by atoms with Crippen LogP contribution in [0.5, 0.6) is 5.75 Å². The van der Waals surface area contributed by atoms with Gasteiger partial charge in [-0.2, -0.15) is 0 Å². The summed E-state index contributed by atoms with van der Waals surface area (Å²) in [5, 5.41) is 0. The maximum Gasteiger partial charge on any atom is 0.238 e. The molecule has 4 heteroatoms. The van der Waals surface area contributed by atoms with E-state index in [1.54, 1.807) is 12.1 Å². The van der Waals surface area contributed by atoms with Crippen LogP contribution in [0.15, 0.2) is 36.4 Å². The summed E-state index contributed by atoms with van der Waals surface area (Å²) >= 11 is 0. The van der Waals surface area contributed by atoms with Crippen LogP contribution in [0.1, 0.15) is 13.3 Å². The van der Waals surface area contributed by atoms with E-state index < -0.39 is 0 Å². The fourth-order valence-electron chi connectivity index (χ4n) is 4.06. The number of nitrogens with zero attached hydrogens (tertiary/aromatic N) is 1. The molecule has 1 heterocycles. The van der Waals surface area contributed by atoms with Crippen molar-refractivity contribution in [2.45, 2.75) is 13.3 Å². The number of fused-ring (bicyclic) bond motifs is 5. The van der Waals surface area contributed by atoms with Gasteiger partial charge >= 0.3 is 0 Å². The first-order chi connectivity index (χ1) is 10.2. The Bertz CT molecular complexity index is 621. The highest BCUT2D eigenvalue weighted by Gasteiger charge is 2.59. The molecule has 0 unspecified atom stereocenters. The molecular weight excluding hydrogens is 266 g/mol. The highest BCUT2D eigenvalue weighted by molar-refractivity contribution is 6.23. The molecule has 4 nitrogen and oxygen atoms in total. The van der Waals surface area contributed by atoms with Crippen LogP contribution < -0.4 is 9.64 Å². The van der Waals surface area contributed by atoms with Crippen molar-refractivity contribution in [1.82, 2.24) is 0 Å². The monoisotopic (exact) mass is 283 g/mol. The quantitative estimate of drug-likeness (QED) is 0.632. The standard InChI is InChI=1S/C17H17NO3/c1-2-21-13-6-4-3-5-12(13)18-16(19)14-10-7-8-11(9-10)15(14)17(18)20/h3-8,10-11,14-15H,2,9H2,1H3/t10-,11-,14+,15+/m0/s1. The number of ether oxygens (including phenoxy) is 1. The zero-order chi connectivity index (χ0) is 14.6. The maximum atomic E-state index is 12.8. The number of anilines is 1. The second-order valence-electron chi connectivity index (χ2n) is 5.91. The van der Waals surface area contributed by atoms with Crippen LogP contribution in [-0.4, -0.2) is 18.4 Å². The predicted octanol–water partition coefficient (Wildman–Crippen LogP) is 2.40. The predicted molar refractivity (Wildman–Crippen MR) is 77.8 cm³/mol. The highest BCUT2D eigenvalue weighted by Crippen LogP contribution is 2.53. The topological polar surface area (TPSA) is 46.6 Å². The van der Waals surface area contributed by atoms with Crippen LogP contribution in [0, 0.1) is 23.7 Å². The number of carbonyl (C=O) groups is 2. The van der Waals surface area contributed by atoms with Crippen molar-refractivity contribution in [2.24, 2.45) is 23.7 Å². The Kier molecular flexibility index (Phi) is 2.67. The van der Waals surface area contributed by atoms with Crippen molar-refractivity contribution >= 4 is 17.5 Å². The Hall–Kier alpha value is -2.10. The van der Waals surface area contributed by atoms with Gasteiger partial charge in [-0.1, -0.05) is 24.3 Å². The average Bonchev–Trinajstić information content (AvgIpc) is 3.15. The molecule has 0 aromatic heterocycles. The lowest BCUT2D eigenvalue weighted by atomic mass is 9.85. The third-order valence-electron chi connectivity index (χ3n) is 4.88. The zero-order valence-electron chi connectivity index (χ0n) is 11.9. The SMILES string of the molecule is CCOc1ccccc1N1C(=O)[C@H]2[C@H](C1=O)[C@H]1C=C[C@H]2C1. The summed E-state index contributed by atoms with van der Waals surface area (Å²) < 4.78 is 5.58. The van der Waals surface area contributed by atoms with Gasteiger partial charge in [0, 0.05) is 0 Å². The molecule has 0 radical (unpaired) electrons. The lowest BCUT2D eigenvalue weighted by Crippen LogP contribution is -2.33. The fourth-order valence-corrected chi connectivity index (χ4v) is 4.06. The number of hydrogen-bond acceptors (Lipinski definition) is 3. The van der Waals surface area contributed by atoms with E-state index in [4.69, 9.17) is 4.74 Å². The van der Waals surface area contributed by atoms with Crippen LogP contribution in [0.25, 0.3) is 0 Å². The van der Waals surface area contributed by atoms with E-state index in [-0.39, 0.29) is 35.5 Å². The normalized spacial score (nSPS) is 32.9. The molecule has 1 aromatic rings. The lowest BCUT2D eigenvalue weighted by molar-refractivity contribution is -0.123. The molecule has 21 heavy (non-hydrogen) atoms. The zero-order valence-corrected chi connectivity index (χ0v) is 11.9. The lowest BCUT2D eigenvalue weighted by Gasteiger charge is -2.20. The molecule has 2 fully saturated rings. The molecular formula is C17H17NO3.